The van der Waals surface area contributed by atoms with Crippen molar-refractivity contribution >= 4 is 11.8 Å². The predicted octanol–water partition coefficient (Wildman–Crippen LogP) is 3.25. The Labute approximate surface area is 114 Å². The van der Waals surface area contributed by atoms with E-state index in [4.69, 9.17) is 4.74 Å². The fourth-order valence-electron chi connectivity index (χ4n) is 2.37. The summed E-state index contributed by atoms with van der Waals surface area (Å²) in [5.41, 5.74) is 0.378. The maximum absolute atomic E-state index is 11.9. The molecular formula is C15H22N2O2. The van der Waals surface area contributed by atoms with Gasteiger partial charge in [0.05, 0.1) is 6.61 Å². The lowest BCUT2D eigenvalue weighted by Crippen LogP contribution is -2.15. The number of pyridine rings is 1. The van der Waals surface area contributed by atoms with Crippen LogP contribution in [0, 0.1) is 5.92 Å². The van der Waals surface area contributed by atoms with Gasteiger partial charge in [-0.15, -0.1) is 0 Å². The third-order valence-electron chi connectivity index (χ3n) is 3.32. The fourth-order valence-corrected chi connectivity index (χ4v) is 2.37. The number of nitrogens with one attached hydrogen (secondary N) is 1. The Morgan fingerprint density at radius 3 is 2.84 bits per heavy atom. The maximum Gasteiger partial charge on any atom is 0.357 e. The summed E-state index contributed by atoms with van der Waals surface area (Å²) < 4.78 is 5.34. The van der Waals surface area contributed by atoms with Crippen molar-refractivity contribution in [2.75, 3.05) is 11.9 Å². The molecule has 0 amide bonds. The first-order valence-corrected chi connectivity index (χ1v) is 7.06. The molecule has 19 heavy (non-hydrogen) atoms. The van der Waals surface area contributed by atoms with Gasteiger partial charge in [0.2, 0.25) is 0 Å². The van der Waals surface area contributed by atoms with Crippen LogP contribution < -0.4 is 5.32 Å². The zero-order valence-corrected chi connectivity index (χ0v) is 11.7. The molecule has 1 fully saturated rings. The number of anilines is 1. The van der Waals surface area contributed by atoms with Crippen LogP contribution in [0.4, 0.5) is 5.82 Å². The Morgan fingerprint density at radius 2 is 2.16 bits per heavy atom. The summed E-state index contributed by atoms with van der Waals surface area (Å²) in [6.07, 6.45) is 4.87. The van der Waals surface area contributed by atoms with Gasteiger partial charge in [0.15, 0.2) is 5.69 Å². The van der Waals surface area contributed by atoms with Crippen molar-refractivity contribution in [1.29, 1.82) is 0 Å². The van der Waals surface area contributed by atoms with Crippen LogP contribution in [0.1, 0.15) is 50.0 Å². The van der Waals surface area contributed by atoms with E-state index in [1.165, 1.54) is 25.7 Å². The van der Waals surface area contributed by atoms with E-state index in [-0.39, 0.29) is 12.0 Å². The van der Waals surface area contributed by atoms with Crippen molar-refractivity contribution in [2.24, 2.45) is 5.92 Å². The van der Waals surface area contributed by atoms with Gasteiger partial charge in [-0.05, 0) is 44.7 Å². The second kappa shape index (κ2) is 6.55. The average Bonchev–Trinajstić information content (AvgIpc) is 2.88. The summed E-state index contributed by atoms with van der Waals surface area (Å²) in [7, 11) is 0. The normalized spacial score (nSPS) is 15.7. The van der Waals surface area contributed by atoms with Crippen LogP contribution in [-0.2, 0) is 4.74 Å². The lowest BCUT2D eigenvalue weighted by molar-refractivity contribution is 0.0436. The van der Waals surface area contributed by atoms with E-state index in [1.54, 1.807) is 6.07 Å². The predicted molar refractivity (Wildman–Crippen MR) is 75.2 cm³/mol. The Hall–Kier alpha value is -1.58. The van der Waals surface area contributed by atoms with Crippen LogP contribution in [0.25, 0.3) is 0 Å². The van der Waals surface area contributed by atoms with Gasteiger partial charge in [-0.1, -0.05) is 18.9 Å². The third-order valence-corrected chi connectivity index (χ3v) is 3.32. The Kier molecular flexibility index (Phi) is 4.77. The number of hydrogen-bond acceptors (Lipinski definition) is 4. The smallest absolute Gasteiger partial charge is 0.357 e. The number of esters is 1. The first kappa shape index (κ1) is 13.8. The number of aromatic nitrogens is 1. The minimum absolute atomic E-state index is 0.289. The molecule has 0 unspecified atom stereocenters. The summed E-state index contributed by atoms with van der Waals surface area (Å²) in [6.45, 7) is 4.60. The van der Waals surface area contributed by atoms with Crippen LogP contribution in [0.3, 0.4) is 0 Å². The van der Waals surface area contributed by atoms with Crippen LogP contribution in [0.5, 0.6) is 0 Å². The van der Waals surface area contributed by atoms with Crippen molar-refractivity contribution in [3.63, 3.8) is 0 Å². The van der Waals surface area contributed by atoms with E-state index in [9.17, 15) is 4.79 Å². The Balaban J connectivity index is 1.90. The number of rotatable bonds is 5. The average molecular weight is 262 g/mol. The van der Waals surface area contributed by atoms with Gasteiger partial charge in [0.25, 0.3) is 0 Å². The summed E-state index contributed by atoms with van der Waals surface area (Å²) in [5, 5.41) is 3.18. The van der Waals surface area contributed by atoms with Crippen molar-refractivity contribution in [2.45, 2.75) is 45.6 Å². The van der Waals surface area contributed by atoms with Gasteiger partial charge >= 0.3 is 5.97 Å². The van der Waals surface area contributed by atoms with Gasteiger partial charge in [0.1, 0.15) is 5.82 Å². The molecule has 1 saturated carbocycles. The van der Waals surface area contributed by atoms with Crippen LogP contribution >= 0.6 is 0 Å². The van der Waals surface area contributed by atoms with Crippen molar-refractivity contribution in [3.8, 4) is 0 Å². The molecule has 0 spiro atoms. The molecule has 0 aliphatic heterocycles. The SMILES string of the molecule is CC(C)Nc1cccc(C(=O)OCC2CCCC2)n1. The van der Waals surface area contributed by atoms with E-state index in [2.05, 4.69) is 10.3 Å². The van der Waals surface area contributed by atoms with Gasteiger partial charge in [-0.25, -0.2) is 9.78 Å². The van der Waals surface area contributed by atoms with E-state index >= 15 is 0 Å². The molecule has 1 aromatic heterocycles. The molecule has 4 nitrogen and oxygen atoms in total. The maximum atomic E-state index is 11.9. The zero-order chi connectivity index (χ0) is 13.7. The molecule has 1 N–H and O–H groups in total. The molecule has 2 rings (SSSR count). The number of carbonyl (C=O) groups excluding carboxylic acids is 1. The first-order chi connectivity index (χ1) is 9.15. The highest BCUT2D eigenvalue weighted by atomic mass is 16.5. The van der Waals surface area contributed by atoms with Crippen LogP contribution in [-0.4, -0.2) is 23.6 Å². The number of ether oxygens (including phenoxy) is 1. The first-order valence-electron chi connectivity index (χ1n) is 7.06. The van der Waals surface area contributed by atoms with Gasteiger partial charge < -0.3 is 10.1 Å². The summed E-state index contributed by atoms with van der Waals surface area (Å²) >= 11 is 0. The van der Waals surface area contributed by atoms with Crippen LogP contribution in [0.15, 0.2) is 18.2 Å². The molecule has 1 aliphatic rings. The van der Waals surface area contributed by atoms with E-state index in [0.29, 0.717) is 24.0 Å². The lowest BCUT2D eigenvalue weighted by Gasteiger charge is -2.11. The highest BCUT2D eigenvalue weighted by molar-refractivity contribution is 5.87. The second-order valence-electron chi connectivity index (χ2n) is 5.46. The van der Waals surface area contributed by atoms with E-state index < -0.39 is 0 Å². The third kappa shape index (κ3) is 4.23. The minimum Gasteiger partial charge on any atom is -0.461 e. The fraction of sp³-hybridized carbons (Fsp3) is 0.600. The topological polar surface area (TPSA) is 51.2 Å². The van der Waals surface area contributed by atoms with Gasteiger partial charge in [0, 0.05) is 6.04 Å². The standard InChI is InChI=1S/C15H22N2O2/c1-11(2)16-14-9-5-8-13(17-14)15(18)19-10-12-6-3-4-7-12/h5,8-9,11-12H,3-4,6-7,10H2,1-2H3,(H,16,17). The highest BCUT2D eigenvalue weighted by Gasteiger charge is 2.18. The largest absolute Gasteiger partial charge is 0.461 e. The number of hydrogen-bond donors (Lipinski definition) is 1. The number of carbonyl (C=O) groups is 1. The Bertz CT molecular complexity index is 426. The molecule has 1 heterocycles. The zero-order valence-electron chi connectivity index (χ0n) is 11.7. The molecule has 4 heteroatoms. The minimum atomic E-state index is -0.320. The van der Waals surface area contributed by atoms with Gasteiger partial charge in [-0.2, -0.15) is 0 Å². The summed E-state index contributed by atoms with van der Waals surface area (Å²) in [6, 6.07) is 5.66. The molecule has 1 aliphatic carbocycles. The molecule has 104 valence electrons. The Morgan fingerprint density at radius 1 is 1.42 bits per heavy atom. The van der Waals surface area contributed by atoms with Crippen molar-refractivity contribution < 1.29 is 9.53 Å². The number of nitrogens with zero attached hydrogens (tertiary/aromatic N) is 1. The highest BCUT2D eigenvalue weighted by Crippen LogP contribution is 2.24. The summed E-state index contributed by atoms with van der Waals surface area (Å²) in [5.74, 6) is 0.936. The monoisotopic (exact) mass is 262 g/mol. The molecule has 0 radical (unpaired) electrons. The van der Waals surface area contributed by atoms with Crippen molar-refractivity contribution in [3.05, 3.63) is 23.9 Å². The second-order valence-corrected chi connectivity index (χ2v) is 5.46. The molecule has 0 saturated heterocycles. The van der Waals surface area contributed by atoms with E-state index in [0.717, 1.165) is 0 Å². The van der Waals surface area contributed by atoms with Gasteiger partial charge in [-0.3, -0.25) is 0 Å². The molecular weight excluding hydrogens is 240 g/mol. The van der Waals surface area contributed by atoms with E-state index in [1.807, 2.05) is 26.0 Å². The van der Waals surface area contributed by atoms with Crippen molar-refractivity contribution in [1.82, 2.24) is 4.98 Å². The molecule has 0 atom stereocenters. The van der Waals surface area contributed by atoms with Crippen LogP contribution in [0.2, 0.25) is 0 Å². The quantitative estimate of drug-likeness (QED) is 0.828. The molecule has 0 aromatic carbocycles. The summed E-state index contributed by atoms with van der Waals surface area (Å²) in [4.78, 5) is 16.2. The lowest BCUT2D eigenvalue weighted by atomic mass is 10.1. The molecule has 0 bridgehead atoms. The molecule has 1 aromatic rings.